The number of carbonyl (C=O) groups is 2. The van der Waals surface area contributed by atoms with Crippen LogP contribution in [0.4, 0.5) is 0 Å². The van der Waals surface area contributed by atoms with E-state index in [1.807, 2.05) is 4.98 Å². The highest BCUT2D eigenvalue weighted by Crippen LogP contribution is 2.30. The number of hydrogen-bond acceptors (Lipinski definition) is 8. The van der Waals surface area contributed by atoms with Crippen molar-refractivity contribution in [2.24, 2.45) is 0 Å². The molecule has 1 N–H and O–H groups in total. The Morgan fingerprint density at radius 1 is 1.42 bits per heavy atom. The van der Waals surface area contributed by atoms with Gasteiger partial charge in [0, 0.05) is 26.3 Å². The third-order valence-corrected chi connectivity index (χ3v) is 3.33. The van der Waals surface area contributed by atoms with E-state index in [0.717, 1.165) is 10.6 Å². The van der Waals surface area contributed by atoms with Crippen molar-refractivity contribution in [3.8, 4) is 6.07 Å². The fraction of sp³-hybridized carbons (Fsp3) is 0.500. The van der Waals surface area contributed by atoms with Crippen molar-refractivity contribution in [3.05, 3.63) is 32.6 Å². The SMILES string of the molecule is CC(=O)OC[C@H]1O[C@@H](n2c(C#N)cc(=O)[nH]c2=O)C[C@H]1OC(C)=O. The highest BCUT2D eigenvalue weighted by molar-refractivity contribution is 5.66. The molecule has 3 atom stereocenters. The first-order valence-corrected chi connectivity index (χ1v) is 7.03. The molecule has 0 aliphatic carbocycles. The van der Waals surface area contributed by atoms with Gasteiger partial charge in [-0.1, -0.05) is 0 Å². The molecule has 0 saturated carbocycles. The molecule has 1 aromatic rings. The highest BCUT2D eigenvalue weighted by Gasteiger charge is 2.40. The molecule has 0 radical (unpaired) electrons. The number of carbonyl (C=O) groups excluding carboxylic acids is 2. The summed E-state index contributed by atoms with van der Waals surface area (Å²) in [6.45, 7) is 2.25. The molecule has 0 spiro atoms. The molecule has 2 rings (SSSR count). The average molecular weight is 337 g/mol. The van der Waals surface area contributed by atoms with Crippen LogP contribution in [0.2, 0.25) is 0 Å². The van der Waals surface area contributed by atoms with Gasteiger partial charge in [-0.15, -0.1) is 0 Å². The predicted octanol–water partition coefficient (Wildman–Crippen LogP) is -0.809. The van der Waals surface area contributed by atoms with E-state index in [9.17, 15) is 19.2 Å². The topological polar surface area (TPSA) is 140 Å². The van der Waals surface area contributed by atoms with E-state index in [1.54, 1.807) is 6.07 Å². The molecule has 0 aromatic carbocycles. The largest absolute Gasteiger partial charge is 0.463 e. The Kier molecular flexibility index (Phi) is 5.15. The van der Waals surface area contributed by atoms with E-state index in [-0.39, 0.29) is 18.7 Å². The molecule has 10 nitrogen and oxygen atoms in total. The zero-order valence-corrected chi connectivity index (χ0v) is 13.0. The van der Waals surface area contributed by atoms with Crippen LogP contribution in [-0.4, -0.2) is 40.3 Å². The maximum Gasteiger partial charge on any atom is 0.331 e. The number of nitriles is 1. The van der Waals surface area contributed by atoms with Gasteiger partial charge in [-0.3, -0.25) is 23.9 Å². The zero-order chi connectivity index (χ0) is 17.9. The van der Waals surface area contributed by atoms with E-state index in [4.69, 9.17) is 19.5 Å². The maximum absolute atomic E-state index is 12.0. The smallest absolute Gasteiger partial charge is 0.331 e. The van der Waals surface area contributed by atoms with Crippen LogP contribution >= 0.6 is 0 Å². The summed E-state index contributed by atoms with van der Waals surface area (Å²) in [6.07, 6.45) is -2.45. The predicted molar refractivity (Wildman–Crippen MR) is 76.8 cm³/mol. The molecular weight excluding hydrogens is 322 g/mol. The maximum atomic E-state index is 12.0. The molecule has 1 aliphatic rings. The number of ether oxygens (including phenoxy) is 3. The van der Waals surface area contributed by atoms with Crippen LogP contribution in [0.15, 0.2) is 15.7 Å². The van der Waals surface area contributed by atoms with Gasteiger partial charge in [0.05, 0.1) is 0 Å². The van der Waals surface area contributed by atoms with E-state index < -0.39 is 41.6 Å². The molecule has 1 aliphatic heterocycles. The quantitative estimate of drug-likeness (QED) is 0.703. The minimum atomic E-state index is -0.950. The second-order valence-electron chi connectivity index (χ2n) is 5.12. The van der Waals surface area contributed by atoms with Gasteiger partial charge in [0.2, 0.25) is 0 Å². The summed E-state index contributed by atoms with van der Waals surface area (Å²) in [5.74, 6) is -1.10. The first-order chi connectivity index (χ1) is 11.3. The number of rotatable bonds is 4. The van der Waals surface area contributed by atoms with Crippen molar-refractivity contribution in [3.63, 3.8) is 0 Å². The lowest BCUT2D eigenvalue weighted by Crippen LogP contribution is -2.34. The van der Waals surface area contributed by atoms with Gasteiger partial charge in [-0.2, -0.15) is 5.26 Å². The van der Waals surface area contributed by atoms with Crippen LogP contribution in [-0.2, 0) is 23.8 Å². The van der Waals surface area contributed by atoms with Crippen molar-refractivity contribution in [1.29, 1.82) is 5.26 Å². The molecule has 128 valence electrons. The monoisotopic (exact) mass is 337 g/mol. The average Bonchev–Trinajstić information content (AvgIpc) is 2.85. The second-order valence-corrected chi connectivity index (χ2v) is 5.12. The molecule has 0 unspecified atom stereocenters. The Labute approximate surface area is 135 Å². The fourth-order valence-corrected chi connectivity index (χ4v) is 2.42. The number of aromatic nitrogens is 2. The van der Waals surface area contributed by atoms with E-state index in [2.05, 4.69) is 0 Å². The Morgan fingerprint density at radius 3 is 2.71 bits per heavy atom. The van der Waals surface area contributed by atoms with E-state index in [0.29, 0.717) is 0 Å². The molecule has 24 heavy (non-hydrogen) atoms. The molecule has 1 saturated heterocycles. The summed E-state index contributed by atoms with van der Waals surface area (Å²) in [5.41, 5.74) is -1.72. The first kappa shape index (κ1) is 17.4. The Bertz CT molecular complexity index is 804. The lowest BCUT2D eigenvalue weighted by Gasteiger charge is -2.17. The van der Waals surface area contributed by atoms with Crippen LogP contribution in [0, 0.1) is 11.3 Å². The third kappa shape index (κ3) is 3.88. The third-order valence-electron chi connectivity index (χ3n) is 3.33. The lowest BCUT2D eigenvalue weighted by molar-refractivity contribution is -0.155. The van der Waals surface area contributed by atoms with Gasteiger partial charge in [0.1, 0.15) is 36.8 Å². The number of nitrogens with one attached hydrogen (secondary N) is 1. The summed E-state index contributed by atoms with van der Waals surface area (Å²) >= 11 is 0. The summed E-state index contributed by atoms with van der Waals surface area (Å²) in [6, 6.07) is 2.71. The van der Waals surface area contributed by atoms with E-state index in [1.165, 1.54) is 13.8 Å². The van der Waals surface area contributed by atoms with Crippen molar-refractivity contribution >= 4 is 11.9 Å². The summed E-state index contributed by atoms with van der Waals surface area (Å²) in [5, 5.41) is 9.11. The Balaban J connectivity index is 2.31. The fourth-order valence-electron chi connectivity index (χ4n) is 2.42. The molecule has 1 fully saturated rings. The second kappa shape index (κ2) is 7.10. The van der Waals surface area contributed by atoms with Crippen LogP contribution in [0.1, 0.15) is 32.2 Å². The molecule has 2 heterocycles. The van der Waals surface area contributed by atoms with Crippen LogP contribution in [0.25, 0.3) is 0 Å². The van der Waals surface area contributed by atoms with Crippen molar-refractivity contribution in [2.75, 3.05) is 6.61 Å². The summed E-state index contributed by atoms with van der Waals surface area (Å²) < 4.78 is 16.6. The van der Waals surface area contributed by atoms with Gasteiger partial charge in [0.15, 0.2) is 0 Å². The molecule has 1 aromatic heterocycles. The summed E-state index contributed by atoms with van der Waals surface area (Å²) in [4.78, 5) is 47.5. The van der Waals surface area contributed by atoms with Crippen LogP contribution < -0.4 is 11.2 Å². The van der Waals surface area contributed by atoms with E-state index >= 15 is 0 Å². The molecular formula is C14H15N3O7. The standard InChI is InChI=1S/C14H15N3O7/c1-7(18)22-6-11-10(23-8(2)19)4-13(24-11)17-9(5-15)3-12(20)16-14(17)21/h3,10-11,13H,4,6H2,1-2H3,(H,16,20,21)/t10-,11-,13-/m1/s1. The number of aromatic amines is 1. The first-order valence-electron chi connectivity index (χ1n) is 7.03. The number of esters is 2. The zero-order valence-electron chi connectivity index (χ0n) is 13.0. The number of nitrogens with zero attached hydrogens (tertiary/aromatic N) is 2. The minimum absolute atomic E-state index is 0.0616. The van der Waals surface area contributed by atoms with Gasteiger partial charge in [-0.05, 0) is 0 Å². The van der Waals surface area contributed by atoms with Crippen molar-refractivity contribution in [2.45, 2.75) is 38.7 Å². The molecule has 10 heteroatoms. The van der Waals surface area contributed by atoms with Gasteiger partial charge >= 0.3 is 17.6 Å². The van der Waals surface area contributed by atoms with Crippen molar-refractivity contribution in [1.82, 2.24) is 9.55 Å². The normalized spacial score (nSPS) is 22.6. The van der Waals surface area contributed by atoms with Gasteiger partial charge < -0.3 is 14.2 Å². The van der Waals surface area contributed by atoms with Crippen molar-refractivity contribution < 1.29 is 23.8 Å². The molecule has 0 bridgehead atoms. The Hall–Kier alpha value is -2.93. The lowest BCUT2D eigenvalue weighted by atomic mass is 10.2. The Morgan fingerprint density at radius 2 is 2.12 bits per heavy atom. The van der Waals surface area contributed by atoms with Gasteiger partial charge in [-0.25, -0.2) is 4.79 Å². The summed E-state index contributed by atoms with van der Waals surface area (Å²) in [7, 11) is 0. The van der Waals surface area contributed by atoms with Gasteiger partial charge in [0.25, 0.3) is 5.56 Å². The van der Waals surface area contributed by atoms with Crippen LogP contribution in [0.3, 0.4) is 0 Å². The number of hydrogen-bond donors (Lipinski definition) is 1. The number of H-pyrrole nitrogens is 1. The highest BCUT2D eigenvalue weighted by atomic mass is 16.6. The van der Waals surface area contributed by atoms with Crippen LogP contribution in [0.5, 0.6) is 0 Å². The minimum Gasteiger partial charge on any atom is -0.463 e. The molecule has 0 amide bonds.